The number of carbonyl (C=O) groups is 1. The molecule has 1 aliphatic rings. The zero-order valence-electron chi connectivity index (χ0n) is 16.3. The number of likely N-dealkylation sites (N-methyl/N-ethyl adjacent to an activating group) is 1. The fourth-order valence-electron chi connectivity index (χ4n) is 3.47. The zero-order valence-corrected chi connectivity index (χ0v) is 17.8. The van der Waals surface area contributed by atoms with E-state index in [1.807, 2.05) is 12.1 Å². The van der Waals surface area contributed by atoms with Gasteiger partial charge in [-0.3, -0.25) is 9.69 Å². The maximum absolute atomic E-state index is 13.4. The van der Waals surface area contributed by atoms with Crippen molar-refractivity contribution in [3.05, 3.63) is 69.3 Å². The Bertz CT molecular complexity index is 1010. The van der Waals surface area contributed by atoms with Crippen molar-refractivity contribution in [3.8, 4) is 0 Å². The first-order valence-electron chi connectivity index (χ1n) is 9.64. The molecule has 1 saturated heterocycles. The van der Waals surface area contributed by atoms with Crippen molar-refractivity contribution in [2.24, 2.45) is 0 Å². The summed E-state index contributed by atoms with van der Waals surface area (Å²) < 4.78 is 14.1. The molecule has 7 heteroatoms. The molecule has 4 nitrogen and oxygen atoms in total. The number of fused-ring (bicyclic) bond motifs is 1. The second-order valence-corrected chi connectivity index (χ2v) is 8.89. The van der Waals surface area contributed by atoms with Gasteiger partial charge in [0.05, 0.1) is 5.02 Å². The maximum Gasteiger partial charge on any atom is 0.263 e. The fraction of sp³-hybridized carbons (Fsp3) is 0.318. The second-order valence-electron chi connectivity index (χ2n) is 7.46. The number of hydrogen-bond acceptors (Lipinski definition) is 4. The lowest BCUT2D eigenvalue weighted by atomic mass is 10.1. The van der Waals surface area contributed by atoms with E-state index in [2.05, 4.69) is 34.3 Å². The molecule has 2 aromatic carbocycles. The van der Waals surface area contributed by atoms with Crippen LogP contribution in [0.25, 0.3) is 10.1 Å². The molecule has 0 spiro atoms. The molecule has 1 aromatic heterocycles. The number of thiophene rings is 1. The molecule has 1 N–H and O–H groups in total. The van der Waals surface area contributed by atoms with E-state index in [1.54, 1.807) is 6.07 Å². The highest BCUT2D eigenvalue weighted by Crippen LogP contribution is 2.35. The Labute approximate surface area is 178 Å². The fourth-order valence-corrected chi connectivity index (χ4v) is 4.93. The van der Waals surface area contributed by atoms with Crippen LogP contribution in [0.15, 0.2) is 42.5 Å². The molecule has 0 bridgehead atoms. The van der Waals surface area contributed by atoms with Crippen LogP contribution >= 0.6 is 22.9 Å². The first-order valence-corrected chi connectivity index (χ1v) is 10.8. The third-order valence-corrected chi connectivity index (χ3v) is 6.93. The van der Waals surface area contributed by atoms with Crippen LogP contribution < -0.4 is 5.32 Å². The van der Waals surface area contributed by atoms with E-state index in [1.165, 1.54) is 29.0 Å². The number of halogens is 2. The van der Waals surface area contributed by atoms with Gasteiger partial charge in [0.2, 0.25) is 0 Å². The highest BCUT2D eigenvalue weighted by Gasteiger charge is 2.17. The molecule has 0 saturated carbocycles. The molecule has 3 aromatic rings. The van der Waals surface area contributed by atoms with Gasteiger partial charge in [0, 0.05) is 49.4 Å². The van der Waals surface area contributed by atoms with Crippen LogP contribution in [0.5, 0.6) is 0 Å². The lowest BCUT2D eigenvalue weighted by Crippen LogP contribution is -2.43. The Balaban J connectivity index is 1.35. The summed E-state index contributed by atoms with van der Waals surface area (Å²) in [4.78, 5) is 17.8. The van der Waals surface area contributed by atoms with Crippen LogP contribution in [-0.2, 0) is 13.1 Å². The van der Waals surface area contributed by atoms with Gasteiger partial charge in [-0.05, 0) is 36.4 Å². The Morgan fingerprint density at radius 2 is 1.79 bits per heavy atom. The quantitative estimate of drug-likeness (QED) is 0.651. The van der Waals surface area contributed by atoms with E-state index >= 15 is 0 Å². The van der Waals surface area contributed by atoms with Crippen LogP contribution in [0.1, 0.15) is 20.8 Å². The Kier molecular flexibility index (Phi) is 6.15. The van der Waals surface area contributed by atoms with Crippen molar-refractivity contribution in [3.63, 3.8) is 0 Å². The Morgan fingerprint density at radius 1 is 1.10 bits per heavy atom. The number of nitrogens with zero attached hydrogens (tertiary/aromatic N) is 2. The van der Waals surface area contributed by atoms with Gasteiger partial charge < -0.3 is 10.2 Å². The van der Waals surface area contributed by atoms with Crippen LogP contribution in [0.4, 0.5) is 4.39 Å². The third kappa shape index (κ3) is 4.78. The van der Waals surface area contributed by atoms with Crippen molar-refractivity contribution in [1.82, 2.24) is 15.1 Å². The van der Waals surface area contributed by atoms with Gasteiger partial charge in [-0.2, -0.15) is 0 Å². The molecular formula is C22H23ClFN3OS. The van der Waals surface area contributed by atoms with Crippen LogP contribution in [0, 0.1) is 5.82 Å². The SMILES string of the molecule is CN1CCN(Cc2ccc(CNC(=O)c3sc4cc(F)ccc4c3Cl)cc2)CC1. The predicted octanol–water partition coefficient (Wildman–Crippen LogP) is 4.37. The van der Waals surface area contributed by atoms with Gasteiger partial charge in [0.25, 0.3) is 5.91 Å². The smallest absolute Gasteiger partial charge is 0.263 e. The summed E-state index contributed by atoms with van der Waals surface area (Å²) in [6.07, 6.45) is 0. The van der Waals surface area contributed by atoms with E-state index in [-0.39, 0.29) is 11.7 Å². The minimum Gasteiger partial charge on any atom is -0.347 e. The van der Waals surface area contributed by atoms with E-state index in [0.717, 1.165) is 38.3 Å². The molecule has 0 radical (unpaired) electrons. The number of carbonyl (C=O) groups excluding carboxylic acids is 1. The monoisotopic (exact) mass is 431 g/mol. The first-order chi connectivity index (χ1) is 14.0. The molecule has 0 atom stereocenters. The summed E-state index contributed by atoms with van der Waals surface area (Å²) in [6, 6.07) is 12.7. The molecule has 0 aliphatic carbocycles. The molecule has 2 heterocycles. The second kappa shape index (κ2) is 8.79. The number of rotatable bonds is 5. The van der Waals surface area contributed by atoms with E-state index in [4.69, 9.17) is 11.6 Å². The number of nitrogens with one attached hydrogen (secondary N) is 1. The first kappa shape index (κ1) is 20.3. The van der Waals surface area contributed by atoms with Crippen molar-refractivity contribution in [1.29, 1.82) is 0 Å². The molecule has 0 unspecified atom stereocenters. The van der Waals surface area contributed by atoms with E-state index < -0.39 is 0 Å². The lowest BCUT2D eigenvalue weighted by Gasteiger charge is -2.32. The third-order valence-electron chi connectivity index (χ3n) is 5.28. The van der Waals surface area contributed by atoms with Crippen molar-refractivity contribution in [2.75, 3.05) is 33.2 Å². The summed E-state index contributed by atoms with van der Waals surface area (Å²) >= 11 is 7.54. The van der Waals surface area contributed by atoms with Crippen LogP contribution in [0.3, 0.4) is 0 Å². The van der Waals surface area contributed by atoms with Gasteiger partial charge >= 0.3 is 0 Å². The summed E-state index contributed by atoms with van der Waals surface area (Å²) in [6.45, 7) is 5.78. The highest BCUT2D eigenvalue weighted by atomic mass is 35.5. The molecule has 1 fully saturated rings. The predicted molar refractivity (Wildman–Crippen MR) is 117 cm³/mol. The van der Waals surface area contributed by atoms with Gasteiger partial charge in [-0.1, -0.05) is 35.9 Å². The Hall–Kier alpha value is -1.99. The standard InChI is InChI=1S/C22H23ClFN3OS/c1-26-8-10-27(11-9-26)14-16-4-2-15(3-5-16)13-25-22(28)21-20(23)18-7-6-17(24)12-19(18)29-21/h2-7,12H,8-11,13-14H2,1H3,(H,25,28). The summed E-state index contributed by atoms with van der Waals surface area (Å²) in [5, 5.41) is 4.00. The minimum atomic E-state index is -0.334. The topological polar surface area (TPSA) is 35.6 Å². The average molecular weight is 432 g/mol. The molecule has 152 valence electrons. The largest absolute Gasteiger partial charge is 0.347 e. The van der Waals surface area contributed by atoms with E-state index in [0.29, 0.717) is 26.5 Å². The highest BCUT2D eigenvalue weighted by molar-refractivity contribution is 7.21. The molecule has 29 heavy (non-hydrogen) atoms. The minimum absolute atomic E-state index is 0.238. The van der Waals surface area contributed by atoms with Gasteiger partial charge in [0.1, 0.15) is 10.7 Å². The van der Waals surface area contributed by atoms with Crippen molar-refractivity contribution in [2.45, 2.75) is 13.1 Å². The van der Waals surface area contributed by atoms with E-state index in [9.17, 15) is 9.18 Å². The Morgan fingerprint density at radius 3 is 2.52 bits per heavy atom. The van der Waals surface area contributed by atoms with Crippen LogP contribution in [-0.4, -0.2) is 48.9 Å². The van der Waals surface area contributed by atoms with Gasteiger partial charge in [-0.25, -0.2) is 4.39 Å². The molecule has 1 amide bonds. The summed E-state index contributed by atoms with van der Waals surface area (Å²) in [5.41, 5.74) is 2.31. The van der Waals surface area contributed by atoms with Crippen molar-refractivity contribution >= 4 is 38.9 Å². The molecule has 1 aliphatic heterocycles. The normalized spacial score (nSPS) is 15.7. The molecular weight excluding hydrogens is 409 g/mol. The average Bonchev–Trinajstić information content (AvgIpc) is 3.04. The van der Waals surface area contributed by atoms with Crippen molar-refractivity contribution < 1.29 is 9.18 Å². The van der Waals surface area contributed by atoms with Gasteiger partial charge in [-0.15, -0.1) is 11.3 Å². The zero-order chi connectivity index (χ0) is 20.4. The summed E-state index contributed by atoms with van der Waals surface area (Å²) in [5.74, 6) is -0.572. The number of amides is 1. The van der Waals surface area contributed by atoms with Crippen LogP contribution in [0.2, 0.25) is 5.02 Å². The lowest BCUT2D eigenvalue weighted by molar-refractivity contribution is 0.0955. The molecule has 4 rings (SSSR count). The number of piperazine rings is 1. The number of benzene rings is 2. The van der Waals surface area contributed by atoms with Gasteiger partial charge in [0.15, 0.2) is 0 Å². The number of hydrogen-bond donors (Lipinski definition) is 1. The summed E-state index contributed by atoms with van der Waals surface area (Å²) in [7, 11) is 2.16. The maximum atomic E-state index is 13.4.